The highest BCUT2D eigenvalue weighted by Crippen LogP contribution is 2.22. The van der Waals surface area contributed by atoms with Gasteiger partial charge in [-0.15, -0.1) is 0 Å². The quantitative estimate of drug-likeness (QED) is 0.767. The second kappa shape index (κ2) is 5.28. The molecule has 3 heteroatoms. The van der Waals surface area contributed by atoms with E-state index in [2.05, 4.69) is 44.8 Å². The Morgan fingerprint density at radius 1 is 1.40 bits per heavy atom. The summed E-state index contributed by atoms with van der Waals surface area (Å²) in [5.41, 5.74) is 0.168. The van der Waals surface area contributed by atoms with Gasteiger partial charge in [-0.1, -0.05) is 6.92 Å². The van der Waals surface area contributed by atoms with Gasteiger partial charge in [-0.2, -0.15) is 0 Å². The summed E-state index contributed by atoms with van der Waals surface area (Å²) < 4.78 is 5.54. The monoisotopic (exact) mass is 214 g/mol. The van der Waals surface area contributed by atoms with E-state index in [9.17, 15) is 0 Å². The van der Waals surface area contributed by atoms with Crippen LogP contribution in [0.5, 0.6) is 0 Å². The first kappa shape index (κ1) is 12.9. The van der Waals surface area contributed by atoms with E-state index in [0.29, 0.717) is 12.1 Å². The third-order valence-corrected chi connectivity index (χ3v) is 3.45. The molecule has 0 amide bonds. The van der Waals surface area contributed by atoms with E-state index >= 15 is 0 Å². The number of nitrogens with one attached hydrogen (secondary N) is 1. The molecule has 0 radical (unpaired) electrons. The second-order valence-electron chi connectivity index (χ2n) is 5.15. The van der Waals surface area contributed by atoms with E-state index in [1.807, 2.05) is 0 Å². The lowest BCUT2D eigenvalue weighted by molar-refractivity contribution is -0.0737. The molecule has 1 aliphatic heterocycles. The Labute approximate surface area is 94.2 Å². The van der Waals surface area contributed by atoms with E-state index in [1.54, 1.807) is 0 Å². The maximum Gasteiger partial charge on any atom is 0.0645 e. The van der Waals surface area contributed by atoms with Gasteiger partial charge in [0, 0.05) is 24.2 Å². The number of morpholine rings is 1. The lowest BCUT2D eigenvalue weighted by Gasteiger charge is -2.47. The van der Waals surface area contributed by atoms with Crippen molar-refractivity contribution < 1.29 is 4.74 Å². The van der Waals surface area contributed by atoms with Crippen molar-refractivity contribution in [1.29, 1.82) is 0 Å². The average molecular weight is 214 g/mol. The summed E-state index contributed by atoms with van der Waals surface area (Å²) >= 11 is 0. The minimum Gasteiger partial charge on any atom is -0.378 e. The number of nitrogens with zero attached hydrogens (tertiary/aromatic N) is 1. The van der Waals surface area contributed by atoms with E-state index in [-0.39, 0.29) is 5.54 Å². The van der Waals surface area contributed by atoms with Crippen LogP contribution in [0.4, 0.5) is 0 Å². The van der Waals surface area contributed by atoms with Gasteiger partial charge < -0.3 is 10.1 Å². The third kappa shape index (κ3) is 3.16. The molecule has 2 unspecified atom stereocenters. The molecule has 1 aliphatic rings. The summed E-state index contributed by atoms with van der Waals surface area (Å²) in [4.78, 5) is 2.56. The highest BCUT2D eigenvalue weighted by molar-refractivity contribution is 4.90. The summed E-state index contributed by atoms with van der Waals surface area (Å²) in [6, 6.07) is 1.09. The lowest BCUT2D eigenvalue weighted by Crippen LogP contribution is -2.60. The predicted octanol–water partition coefficient (Wildman–Crippen LogP) is 1.48. The van der Waals surface area contributed by atoms with Gasteiger partial charge in [0.05, 0.1) is 13.2 Å². The van der Waals surface area contributed by atoms with Gasteiger partial charge in [0.15, 0.2) is 0 Å². The fraction of sp³-hybridized carbons (Fsp3) is 1.00. The molecule has 1 heterocycles. The maximum atomic E-state index is 5.54. The van der Waals surface area contributed by atoms with Gasteiger partial charge in [-0.05, 0) is 34.2 Å². The minimum absolute atomic E-state index is 0.168. The highest BCUT2D eigenvalue weighted by atomic mass is 16.5. The van der Waals surface area contributed by atoms with Crippen LogP contribution >= 0.6 is 0 Å². The molecule has 90 valence electrons. The SMILES string of the molecule is CCNC(C)C(C)N1CCOCC1(C)C. The molecule has 2 atom stereocenters. The summed E-state index contributed by atoms with van der Waals surface area (Å²) in [7, 11) is 0. The van der Waals surface area contributed by atoms with Crippen LogP contribution in [0.15, 0.2) is 0 Å². The summed E-state index contributed by atoms with van der Waals surface area (Å²) in [6.07, 6.45) is 0. The lowest BCUT2D eigenvalue weighted by atomic mass is 9.97. The van der Waals surface area contributed by atoms with Gasteiger partial charge in [-0.25, -0.2) is 0 Å². The summed E-state index contributed by atoms with van der Waals surface area (Å²) in [6.45, 7) is 15.1. The first-order chi connectivity index (χ1) is 6.99. The molecule has 1 rings (SSSR count). The standard InChI is InChI=1S/C12H26N2O/c1-6-13-10(2)11(3)14-7-8-15-9-12(14,4)5/h10-11,13H,6-9H2,1-5H3. The number of rotatable bonds is 4. The van der Waals surface area contributed by atoms with Gasteiger partial charge >= 0.3 is 0 Å². The van der Waals surface area contributed by atoms with Crippen molar-refractivity contribution in [2.45, 2.75) is 52.2 Å². The Balaban J connectivity index is 2.59. The van der Waals surface area contributed by atoms with Crippen molar-refractivity contribution in [1.82, 2.24) is 10.2 Å². The van der Waals surface area contributed by atoms with Crippen molar-refractivity contribution in [3.8, 4) is 0 Å². The fourth-order valence-electron chi connectivity index (χ4n) is 2.39. The Bertz CT molecular complexity index is 194. The Morgan fingerprint density at radius 2 is 2.07 bits per heavy atom. The smallest absolute Gasteiger partial charge is 0.0645 e. The molecule has 0 aromatic heterocycles. The molecule has 0 saturated carbocycles. The molecule has 1 fully saturated rings. The van der Waals surface area contributed by atoms with Crippen molar-refractivity contribution >= 4 is 0 Å². The van der Waals surface area contributed by atoms with Crippen LogP contribution in [0.1, 0.15) is 34.6 Å². The molecule has 0 bridgehead atoms. The number of hydrogen-bond donors (Lipinski definition) is 1. The van der Waals surface area contributed by atoms with Crippen LogP contribution in [0.3, 0.4) is 0 Å². The first-order valence-corrected chi connectivity index (χ1v) is 6.07. The van der Waals surface area contributed by atoms with Crippen molar-refractivity contribution in [2.24, 2.45) is 0 Å². The fourth-order valence-corrected chi connectivity index (χ4v) is 2.39. The van der Waals surface area contributed by atoms with Crippen molar-refractivity contribution in [2.75, 3.05) is 26.3 Å². The van der Waals surface area contributed by atoms with Crippen LogP contribution in [-0.2, 0) is 4.74 Å². The molecule has 0 aliphatic carbocycles. The van der Waals surface area contributed by atoms with Crippen LogP contribution in [0, 0.1) is 0 Å². The number of hydrogen-bond acceptors (Lipinski definition) is 3. The molecule has 1 N–H and O–H groups in total. The Hall–Kier alpha value is -0.120. The molecule has 0 spiro atoms. The largest absolute Gasteiger partial charge is 0.378 e. The zero-order valence-corrected chi connectivity index (χ0v) is 10.8. The average Bonchev–Trinajstić information content (AvgIpc) is 2.16. The maximum absolute atomic E-state index is 5.54. The van der Waals surface area contributed by atoms with Gasteiger partial charge in [0.2, 0.25) is 0 Å². The summed E-state index contributed by atoms with van der Waals surface area (Å²) in [5, 5.41) is 3.50. The van der Waals surface area contributed by atoms with E-state index < -0.39 is 0 Å². The Morgan fingerprint density at radius 3 is 2.60 bits per heavy atom. The topological polar surface area (TPSA) is 24.5 Å². The van der Waals surface area contributed by atoms with Gasteiger partial charge in [-0.3, -0.25) is 4.90 Å². The highest BCUT2D eigenvalue weighted by Gasteiger charge is 2.35. The van der Waals surface area contributed by atoms with Crippen molar-refractivity contribution in [3.05, 3.63) is 0 Å². The zero-order valence-electron chi connectivity index (χ0n) is 10.8. The van der Waals surface area contributed by atoms with Crippen LogP contribution in [0.25, 0.3) is 0 Å². The normalized spacial score (nSPS) is 26.2. The third-order valence-electron chi connectivity index (χ3n) is 3.45. The first-order valence-electron chi connectivity index (χ1n) is 6.07. The van der Waals surface area contributed by atoms with E-state index in [1.165, 1.54) is 0 Å². The zero-order chi connectivity index (χ0) is 11.5. The summed E-state index contributed by atoms with van der Waals surface area (Å²) in [5.74, 6) is 0. The molecule has 0 aromatic carbocycles. The Kier molecular flexibility index (Phi) is 4.56. The van der Waals surface area contributed by atoms with E-state index in [4.69, 9.17) is 4.74 Å². The number of ether oxygens (including phenoxy) is 1. The predicted molar refractivity (Wildman–Crippen MR) is 64.2 cm³/mol. The molecule has 15 heavy (non-hydrogen) atoms. The van der Waals surface area contributed by atoms with Gasteiger partial charge in [0.1, 0.15) is 0 Å². The van der Waals surface area contributed by atoms with Crippen molar-refractivity contribution in [3.63, 3.8) is 0 Å². The molecular weight excluding hydrogens is 188 g/mol. The second-order valence-corrected chi connectivity index (χ2v) is 5.15. The molecule has 0 aromatic rings. The minimum atomic E-state index is 0.168. The molecule has 1 saturated heterocycles. The molecule has 3 nitrogen and oxygen atoms in total. The molecular formula is C12H26N2O. The van der Waals surface area contributed by atoms with Crippen LogP contribution < -0.4 is 5.32 Å². The van der Waals surface area contributed by atoms with E-state index in [0.717, 1.165) is 26.3 Å². The van der Waals surface area contributed by atoms with Gasteiger partial charge in [0.25, 0.3) is 0 Å². The van der Waals surface area contributed by atoms with Crippen LogP contribution in [-0.4, -0.2) is 48.8 Å². The van der Waals surface area contributed by atoms with Crippen LogP contribution in [0.2, 0.25) is 0 Å². The number of likely N-dealkylation sites (N-methyl/N-ethyl adjacent to an activating group) is 1.